The van der Waals surface area contributed by atoms with Crippen LogP contribution in [0.4, 0.5) is 0 Å². The van der Waals surface area contributed by atoms with E-state index in [-0.39, 0.29) is 5.91 Å². The molecular weight excluding hydrogens is 250 g/mol. The molecule has 0 aromatic heterocycles. The molecule has 4 heteroatoms. The van der Waals surface area contributed by atoms with Gasteiger partial charge in [0.15, 0.2) is 0 Å². The summed E-state index contributed by atoms with van der Waals surface area (Å²) in [5, 5.41) is 3.37. The van der Waals surface area contributed by atoms with Crippen molar-refractivity contribution in [1.29, 1.82) is 0 Å². The number of rotatable bonds is 5. The molecule has 116 valence electrons. The summed E-state index contributed by atoms with van der Waals surface area (Å²) in [7, 11) is 0. The Bertz CT molecular complexity index is 334. The van der Waals surface area contributed by atoms with Crippen LogP contribution in [-0.2, 0) is 4.79 Å². The highest BCUT2D eigenvalue weighted by Crippen LogP contribution is 2.36. The van der Waals surface area contributed by atoms with Gasteiger partial charge in [0.05, 0.1) is 5.54 Å². The van der Waals surface area contributed by atoms with Crippen LogP contribution in [0.2, 0.25) is 0 Å². The highest BCUT2D eigenvalue weighted by atomic mass is 16.1. The number of likely N-dealkylation sites (tertiary alicyclic amines) is 1. The van der Waals surface area contributed by atoms with Gasteiger partial charge in [0.1, 0.15) is 0 Å². The maximum absolute atomic E-state index is 11.9. The largest absolute Gasteiger partial charge is 0.368 e. The minimum Gasteiger partial charge on any atom is -0.368 e. The summed E-state index contributed by atoms with van der Waals surface area (Å²) in [5.41, 5.74) is 5.23. The molecule has 2 rings (SSSR count). The number of amides is 1. The summed E-state index contributed by atoms with van der Waals surface area (Å²) in [6, 6.07) is 1.23. The fourth-order valence-corrected chi connectivity index (χ4v) is 4.23. The van der Waals surface area contributed by atoms with E-state index in [1.807, 2.05) is 0 Å². The third kappa shape index (κ3) is 3.17. The molecule has 3 unspecified atom stereocenters. The van der Waals surface area contributed by atoms with Crippen LogP contribution >= 0.6 is 0 Å². The minimum atomic E-state index is -0.454. The lowest BCUT2D eigenvalue weighted by Crippen LogP contribution is -2.55. The Morgan fingerprint density at radius 2 is 2.10 bits per heavy atom. The molecule has 1 aliphatic carbocycles. The van der Waals surface area contributed by atoms with E-state index in [1.165, 1.54) is 38.6 Å². The monoisotopic (exact) mass is 281 g/mol. The van der Waals surface area contributed by atoms with E-state index in [2.05, 4.69) is 24.1 Å². The van der Waals surface area contributed by atoms with Gasteiger partial charge >= 0.3 is 0 Å². The lowest BCUT2D eigenvalue weighted by molar-refractivity contribution is -0.124. The van der Waals surface area contributed by atoms with Crippen molar-refractivity contribution in [2.75, 3.05) is 13.1 Å². The zero-order chi connectivity index (χ0) is 14.6. The number of likely N-dealkylation sites (N-methyl/N-ethyl adjacent to an activating group) is 1. The Labute approximate surface area is 123 Å². The average molecular weight is 281 g/mol. The molecule has 0 spiro atoms. The van der Waals surface area contributed by atoms with Gasteiger partial charge in [-0.05, 0) is 51.6 Å². The molecule has 4 nitrogen and oxygen atoms in total. The lowest BCUT2D eigenvalue weighted by atomic mass is 9.95. The molecule has 3 atom stereocenters. The summed E-state index contributed by atoms with van der Waals surface area (Å²) in [4.78, 5) is 14.6. The highest BCUT2D eigenvalue weighted by molar-refractivity contribution is 5.85. The molecular formula is C16H31N3O. The second kappa shape index (κ2) is 6.90. The Morgan fingerprint density at radius 3 is 2.75 bits per heavy atom. The molecule has 1 heterocycles. The quantitative estimate of drug-likeness (QED) is 0.810. The van der Waals surface area contributed by atoms with Crippen LogP contribution in [0, 0.1) is 0 Å². The fraction of sp³-hybridized carbons (Fsp3) is 0.938. The SMILES string of the molecule is CCNC1(C(N)=O)CCC(N2CCCCCC2CC)C1. The molecule has 0 radical (unpaired) electrons. The van der Waals surface area contributed by atoms with Crippen LogP contribution in [0.3, 0.4) is 0 Å². The van der Waals surface area contributed by atoms with Crippen molar-refractivity contribution in [3.63, 3.8) is 0 Å². The summed E-state index contributed by atoms with van der Waals surface area (Å²) in [6.45, 7) is 6.36. The van der Waals surface area contributed by atoms with E-state index in [0.717, 1.165) is 25.8 Å². The van der Waals surface area contributed by atoms with Crippen LogP contribution in [0.1, 0.15) is 65.2 Å². The van der Waals surface area contributed by atoms with Crippen molar-refractivity contribution in [2.45, 2.75) is 82.8 Å². The smallest absolute Gasteiger partial charge is 0.237 e. The third-order valence-corrected chi connectivity index (χ3v) is 5.34. The molecule has 20 heavy (non-hydrogen) atoms. The lowest BCUT2D eigenvalue weighted by Gasteiger charge is -2.36. The van der Waals surface area contributed by atoms with Crippen molar-refractivity contribution in [2.24, 2.45) is 5.73 Å². The van der Waals surface area contributed by atoms with Crippen molar-refractivity contribution < 1.29 is 4.79 Å². The van der Waals surface area contributed by atoms with Gasteiger partial charge in [-0.2, -0.15) is 0 Å². The number of nitrogens with zero attached hydrogens (tertiary/aromatic N) is 1. The normalized spacial score (nSPS) is 35.9. The predicted octanol–water partition coefficient (Wildman–Crippen LogP) is 2.03. The maximum Gasteiger partial charge on any atom is 0.237 e. The summed E-state index contributed by atoms with van der Waals surface area (Å²) >= 11 is 0. The van der Waals surface area contributed by atoms with Crippen molar-refractivity contribution in [3.8, 4) is 0 Å². The number of carbonyl (C=O) groups is 1. The second-order valence-electron chi connectivity index (χ2n) is 6.52. The first kappa shape index (κ1) is 15.8. The molecule has 2 aliphatic rings. The third-order valence-electron chi connectivity index (χ3n) is 5.34. The van der Waals surface area contributed by atoms with Crippen LogP contribution in [0.5, 0.6) is 0 Å². The number of nitrogens with two attached hydrogens (primary N) is 1. The van der Waals surface area contributed by atoms with E-state index < -0.39 is 5.54 Å². The summed E-state index contributed by atoms with van der Waals surface area (Å²) in [6.07, 6.45) is 9.45. The Morgan fingerprint density at radius 1 is 1.30 bits per heavy atom. The zero-order valence-electron chi connectivity index (χ0n) is 13.2. The molecule has 2 fully saturated rings. The first-order valence-corrected chi connectivity index (χ1v) is 8.43. The molecule has 1 saturated heterocycles. The topological polar surface area (TPSA) is 58.4 Å². The van der Waals surface area contributed by atoms with E-state index in [4.69, 9.17) is 5.73 Å². The van der Waals surface area contributed by atoms with Gasteiger partial charge < -0.3 is 11.1 Å². The van der Waals surface area contributed by atoms with Gasteiger partial charge in [-0.3, -0.25) is 9.69 Å². The summed E-state index contributed by atoms with van der Waals surface area (Å²) < 4.78 is 0. The molecule has 1 aliphatic heterocycles. The van der Waals surface area contributed by atoms with Crippen molar-refractivity contribution in [1.82, 2.24) is 10.2 Å². The second-order valence-corrected chi connectivity index (χ2v) is 6.52. The Kier molecular flexibility index (Phi) is 5.44. The van der Waals surface area contributed by atoms with Gasteiger partial charge in [-0.15, -0.1) is 0 Å². The fourth-order valence-electron chi connectivity index (χ4n) is 4.23. The van der Waals surface area contributed by atoms with E-state index in [9.17, 15) is 4.79 Å². The van der Waals surface area contributed by atoms with E-state index >= 15 is 0 Å². The van der Waals surface area contributed by atoms with E-state index in [1.54, 1.807) is 0 Å². The van der Waals surface area contributed by atoms with Crippen LogP contribution in [-0.4, -0.2) is 41.5 Å². The van der Waals surface area contributed by atoms with Gasteiger partial charge in [0.2, 0.25) is 5.91 Å². The predicted molar refractivity (Wildman–Crippen MR) is 82.5 cm³/mol. The highest BCUT2D eigenvalue weighted by Gasteiger charge is 2.45. The molecule has 1 saturated carbocycles. The van der Waals surface area contributed by atoms with Gasteiger partial charge in [0.25, 0.3) is 0 Å². The zero-order valence-corrected chi connectivity index (χ0v) is 13.2. The molecule has 3 N–H and O–H groups in total. The first-order valence-electron chi connectivity index (χ1n) is 8.43. The number of carbonyl (C=O) groups excluding carboxylic acids is 1. The minimum absolute atomic E-state index is 0.162. The molecule has 0 aromatic rings. The number of nitrogens with one attached hydrogen (secondary N) is 1. The van der Waals surface area contributed by atoms with Crippen molar-refractivity contribution >= 4 is 5.91 Å². The van der Waals surface area contributed by atoms with Gasteiger partial charge in [-0.1, -0.05) is 26.7 Å². The van der Waals surface area contributed by atoms with Crippen LogP contribution in [0.15, 0.2) is 0 Å². The Balaban J connectivity index is 2.07. The summed E-state index contributed by atoms with van der Waals surface area (Å²) in [5.74, 6) is -0.162. The average Bonchev–Trinajstić information content (AvgIpc) is 2.71. The molecule has 1 amide bonds. The molecule has 0 aromatic carbocycles. The van der Waals surface area contributed by atoms with Gasteiger partial charge in [0, 0.05) is 12.1 Å². The number of primary amides is 1. The van der Waals surface area contributed by atoms with Crippen molar-refractivity contribution in [3.05, 3.63) is 0 Å². The number of hydrogen-bond acceptors (Lipinski definition) is 3. The first-order chi connectivity index (χ1) is 9.63. The van der Waals surface area contributed by atoms with Gasteiger partial charge in [-0.25, -0.2) is 0 Å². The van der Waals surface area contributed by atoms with Crippen LogP contribution < -0.4 is 11.1 Å². The maximum atomic E-state index is 11.9. The number of hydrogen-bond donors (Lipinski definition) is 2. The van der Waals surface area contributed by atoms with E-state index in [0.29, 0.717) is 12.1 Å². The Hall–Kier alpha value is -0.610. The standard InChI is InChI=1S/C16H31N3O/c1-3-13-8-6-5-7-11-19(13)14-9-10-16(12-14,15(17)20)18-4-2/h13-14,18H,3-12H2,1-2H3,(H2,17,20). The van der Waals surface area contributed by atoms with Crippen LogP contribution in [0.25, 0.3) is 0 Å². The molecule has 0 bridgehead atoms.